The highest BCUT2D eigenvalue weighted by Crippen LogP contribution is 2.39. The normalized spacial score (nSPS) is 19.1. The Morgan fingerprint density at radius 3 is 2.31 bits per heavy atom. The predicted molar refractivity (Wildman–Crippen MR) is 142 cm³/mol. The van der Waals surface area contributed by atoms with E-state index in [-0.39, 0.29) is 30.5 Å². The van der Waals surface area contributed by atoms with Crippen molar-refractivity contribution in [3.8, 4) is 0 Å². The van der Waals surface area contributed by atoms with Crippen molar-refractivity contribution in [1.82, 2.24) is 14.7 Å². The molecule has 1 saturated heterocycles. The molecule has 36 heavy (non-hydrogen) atoms. The van der Waals surface area contributed by atoms with Gasteiger partial charge in [-0.3, -0.25) is 14.5 Å². The summed E-state index contributed by atoms with van der Waals surface area (Å²) in [6.45, 7) is 5.58. The van der Waals surface area contributed by atoms with Crippen molar-refractivity contribution >= 4 is 23.2 Å². The van der Waals surface area contributed by atoms with E-state index < -0.39 is 0 Å². The minimum absolute atomic E-state index is 0.0174. The number of nitrogens with zero attached hydrogens (tertiary/aromatic N) is 3. The van der Waals surface area contributed by atoms with Gasteiger partial charge in [-0.05, 0) is 41.5 Å². The summed E-state index contributed by atoms with van der Waals surface area (Å²) in [7, 11) is 0. The summed E-state index contributed by atoms with van der Waals surface area (Å²) in [6, 6.07) is 22.4. The van der Waals surface area contributed by atoms with E-state index in [1.54, 1.807) is 0 Å². The summed E-state index contributed by atoms with van der Waals surface area (Å²) < 4.78 is 5.62. The quantitative estimate of drug-likeness (QED) is 0.490. The molecular weight excluding hydrogens is 470 g/mol. The summed E-state index contributed by atoms with van der Waals surface area (Å²) >= 11 is 1.81. The van der Waals surface area contributed by atoms with Crippen LogP contribution < -0.4 is 0 Å². The van der Waals surface area contributed by atoms with Crippen LogP contribution >= 0.6 is 11.3 Å². The minimum Gasteiger partial charge on any atom is -0.367 e. The number of ether oxygens (including phenoxy) is 1. The van der Waals surface area contributed by atoms with Crippen molar-refractivity contribution in [1.29, 1.82) is 0 Å². The van der Waals surface area contributed by atoms with Crippen molar-refractivity contribution in [3.63, 3.8) is 0 Å². The van der Waals surface area contributed by atoms with E-state index in [1.165, 1.54) is 16.0 Å². The number of hydrogen-bond donors (Lipinski definition) is 0. The SMILES string of the molecule is CC(C(=O)N1CCN(C(=O)COCc2ccccc2)CC1)N1CCc2sccc2C1c1ccccc1. The second-order valence-corrected chi connectivity index (χ2v) is 10.5. The van der Waals surface area contributed by atoms with Gasteiger partial charge < -0.3 is 14.5 Å². The first-order valence-electron chi connectivity index (χ1n) is 12.7. The molecule has 1 aromatic heterocycles. The van der Waals surface area contributed by atoms with Gasteiger partial charge in [-0.15, -0.1) is 11.3 Å². The van der Waals surface area contributed by atoms with Gasteiger partial charge in [-0.2, -0.15) is 0 Å². The molecule has 0 bridgehead atoms. The van der Waals surface area contributed by atoms with Gasteiger partial charge in [-0.1, -0.05) is 60.7 Å². The number of benzene rings is 2. The van der Waals surface area contributed by atoms with Crippen molar-refractivity contribution in [3.05, 3.63) is 93.7 Å². The Morgan fingerprint density at radius 2 is 1.58 bits per heavy atom. The summed E-state index contributed by atoms with van der Waals surface area (Å²) in [5.74, 6) is 0.123. The van der Waals surface area contributed by atoms with Crippen LogP contribution in [0.15, 0.2) is 72.1 Å². The van der Waals surface area contributed by atoms with Crippen molar-refractivity contribution in [2.24, 2.45) is 0 Å². The number of piperazine rings is 1. The van der Waals surface area contributed by atoms with Crippen molar-refractivity contribution in [2.45, 2.75) is 32.0 Å². The molecule has 7 heteroatoms. The summed E-state index contributed by atoms with van der Waals surface area (Å²) in [4.78, 5) is 33.7. The average Bonchev–Trinajstić information content (AvgIpc) is 3.42. The van der Waals surface area contributed by atoms with E-state index in [2.05, 4.69) is 40.6 Å². The van der Waals surface area contributed by atoms with Gasteiger partial charge in [0.25, 0.3) is 0 Å². The van der Waals surface area contributed by atoms with Gasteiger partial charge >= 0.3 is 0 Å². The fourth-order valence-electron chi connectivity index (χ4n) is 5.26. The van der Waals surface area contributed by atoms with Gasteiger partial charge in [0.2, 0.25) is 11.8 Å². The Bertz CT molecular complexity index is 1160. The van der Waals surface area contributed by atoms with Crippen LogP contribution in [0, 0.1) is 0 Å². The molecule has 188 valence electrons. The third kappa shape index (κ3) is 5.38. The maximum atomic E-state index is 13.6. The molecule has 3 heterocycles. The maximum absolute atomic E-state index is 13.6. The maximum Gasteiger partial charge on any atom is 0.248 e. The molecule has 0 N–H and O–H groups in total. The highest BCUT2D eigenvalue weighted by atomic mass is 32.1. The lowest BCUT2D eigenvalue weighted by atomic mass is 9.92. The van der Waals surface area contributed by atoms with Crippen molar-refractivity contribution in [2.75, 3.05) is 39.3 Å². The van der Waals surface area contributed by atoms with E-state index in [4.69, 9.17) is 4.74 Å². The fraction of sp³-hybridized carbons (Fsp3) is 0.379. The Balaban J connectivity index is 1.17. The number of amides is 2. The van der Waals surface area contributed by atoms with Crippen LogP contribution in [-0.4, -0.2) is 71.9 Å². The van der Waals surface area contributed by atoms with Crippen LogP contribution in [0.5, 0.6) is 0 Å². The molecule has 2 aromatic carbocycles. The molecule has 6 nitrogen and oxygen atoms in total. The third-order valence-electron chi connectivity index (χ3n) is 7.25. The smallest absolute Gasteiger partial charge is 0.248 e. The van der Waals surface area contributed by atoms with Crippen LogP contribution in [0.25, 0.3) is 0 Å². The minimum atomic E-state index is -0.236. The molecule has 3 aromatic rings. The van der Waals surface area contributed by atoms with E-state index in [0.29, 0.717) is 32.8 Å². The number of rotatable bonds is 7. The first-order chi connectivity index (χ1) is 17.6. The highest BCUT2D eigenvalue weighted by molar-refractivity contribution is 7.10. The van der Waals surface area contributed by atoms with Crippen LogP contribution in [0.4, 0.5) is 0 Å². The predicted octanol–water partition coefficient (Wildman–Crippen LogP) is 3.97. The number of fused-ring (bicyclic) bond motifs is 1. The fourth-order valence-corrected chi connectivity index (χ4v) is 6.17. The van der Waals surface area contributed by atoms with Crippen molar-refractivity contribution < 1.29 is 14.3 Å². The molecule has 2 aliphatic heterocycles. The molecule has 2 atom stereocenters. The van der Waals surface area contributed by atoms with E-state index in [0.717, 1.165) is 18.5 Å². The van der Waals surface area contributed by atoms with Gasteiger partial charge in [0.1, 0.15) is 6.61 Å². The molecule has 0 saturated carbocycles. The monoisotopic (exact) mass is 503 g/mol. The van der Waals surface area contributed by atoms with Crippen LogP contribution in [0.1, 0.15) is 34.5 Å². The molecule has 5 rings (SSSR count). The Morgan fingerprint density at radius 1 is 0.917 bits per heavy atom. The molecule has 0 spiro atoms. The second-order valence-electron chi connectivity index (χ2n) is 9.46. The van der Waals surface area contributed by atoms with Crippen LogP contribution in [0.3, 0.4) is 0 Å². The van der Waals surface area contributed by atoms with E-state index in [1.807, 2.05) is 64.5 Å². The lowest BCUT2D eigenvalue weighted by Gasteiger charge is -2.42. The van der Waals surface area contributed by atoms with E-state index >= 15 is 0 Å². The lowest BCUT2D eigenvalue weighted by molar-refractivity contribution is -0.145. The summed E-state index contributed by atoms with van der Waals surface area (Å²) in [6.07, 6.45) is 0.971. The largest absolute Gasteiger partial charge is 0.367 e. The van der Waals surface area contributed by atoms with E-state index in [9.17, 15) is 9.59 Å². The zero-order valence-corrected chi connectivity index (χ0v) is 21.5. The molecule has 2 unspecified atom stereocenters. The molecular formula is C29H33N3O3S. The molecule has 2 amide bonds. The number of hydrogen-bond acceptors (Lipinski definition) is 5. The topological polar surface area (TPSA) is 53.1 Å². The average molecular weight is 504 g/mol. The first-order valence-corrected chi connectivity index (χ1v) is 13.5. The third-order valence-corrected chi connectivity index (χ3v) is 8.25. The first kappa shape index (κ1) is 24.7. The molecule has 1 fully saturated rings. The summed E-state index contributed by atoms with van der Waals surface area (Å²) in [5, 5.41) is 2.16. The number of thiophene rings is 1. The Labute approximate surface area is 217 Å². The molecule has 0 radical (unpaired) electrons. The highest BCUT2D eigenvalue weighted by Gasteiger charge is 2.37. The second kappa shape index (κ2) is 11.4. The van der Waals surface area contributed by atoms with Gasteiger partial charge in [0.15, 0.2) is 0 Å². The Hall–Kier alpha value is -3.00. The van der Waals surface area contributed by atoms with Crippen LogP contribution in [-0.2, 0) is 27.4 Å². The standard InChI is InChI=1S/C29H33N3O3S/c1-22(32-14-12-26-25(13-19-36-26)28(32)24-10-6-3-7-11-24)29(34)31-17-15-30(16-18-31)27(33)21-35-20-23-8-4-2-5-9-23/h2-11,13,19,22,28H,12,14-18,20-21H2,1H3. The number of carbonyl (C=O) groups excluding carboxylic acids is 2. The summed E-state index contributed by atoms with van der Waals surface area (Å²) in [5.41, 5.74) is 3.60. The molecule has 0 aliphatic carbocycles. The Kier molecular flexibility index (Phi) is 7.80. The number of carbonyl (C=O) groups is 2. The zero-order chi connectivity index (χ0) is 24.9. The zero-order valence-electron chi connectivity index (χ0n) is 20.7. The van der Waals surface area contributed by atoms with Gasteiger partial charge in [-0.25, -0.2) is 0 Å². The molecule has 2 aliphatic rings. The van der Waals surface area contributed by atoms with Gasteiger partial charge in [0.05, 0.1) is 18.7 Å². The van der Waals surface area contributed by atoms with Crippen LogP contribution in [0.2, 0.25) is 0 Å². The van der Waals surface area contributed by atoms with Gasteiger partial charge in [0, 0.05) is 37.6 Å². The lowest BCUT2D eigenvalue weighted by Crippen LogP contribution is -2.56.